The minimum atomic E-state index is -0.978. The molecule has 0 amide bonds. The van der Waals surface area contributed by atoms with Crippen molar-refractivity contribution in [2.45, 2.75) is 12.8 Å². The van der Waals surface area contributed by atoms with Gasteiger partial charge in [-0.3, -0.25) is 0 Å². The molecular formula is C12H13N3. The van der Waals surface area contributed by atoms with E-state index >= 15 is 0 Å². The molecule has 0 spiro atoms. The summed E-state index contributed by atoms with van der Waals surface area (Å²) >= 11 is 0. The monoisotopic (exact) mass is 199 g/mol. The second kappa shape index (κ2) is 4.48. The number of aryl methyl sites for hydroxylation is 1. The zero-order valence-electron chi connectivity index (χ0n) is 8.77. The fourth-order valence-electron chi connectivity index (χ4n) is 1.50. The second-order valence-corrected chi connectivity index (χ2v) is 3.59. The second-order valence-electron chi connectivity index (χ2n) is 3.59. The molecule has 0 atom stereocenters. The van der Waals surface area contributed by atoms with Crippen LogP contribution in [0, 0.1) is 28.1 Å². The van der Waals surface area contributed by atoms with Crippen molar-refractivity contribution in [2.24, 2.45) is 12.5 Å². The zero-order valence-corrected chi connectivity index (χ0v) is 8.77. The number of rotatable bonds is 4. The van der Waals surface area contributed by atoms with E-state index in [1.165, 1.54) is 0 Å². The topological polar surface area (TPSA) is 52.5 Å². The van der Waals surface area contributed by atoms with Gasteiger partial charge in [-0.15, -0.1) is 6.58 Å². The SMILES string of the molecule is C=CCC(C#N)(C#N)Cc1cccn1C. The highest BCUT2D eigenvalue weighted by Gasteiger charge is 2.29. The van der Waals surface area contributed by atoms with Gasteiger partial charge in [0.05, 0.1) is 12.1 Å². The summed E-state index contributed by atoms with van der Waals surface area (Å²) in [6.07, 6.45) is 4.36. The largest absolute Gasteiger partial charge is 0.354 e. The van der Waals surface area contributed by atoms with Crippen molar-refractivity contribution in [3.8, 4) is 12.1 Å². The lowest BCUT2D eigenvalue weighted by atomic mass is 9.83. The van der Waals surface area contributed by atoms with Gasteiger partial charge in [0.1, 0.15) is 0 Å². The number of hydrogen-bond donors (Lipinski definition) is 0. The summed E-state index contributed by atoms with van der Waals surface area (Å²) in [5, 5.41) is 18.1. The molecule has 1 heterocycles. The van der Waals surface area contributed by atoms with Crippen LogP contribution in [0.5, 0.6) is 0 Å². The fraction of sp³-hybridized carbons (Fsp3) is 0.333. The van der Waals surface area contributed by atoms with Crippen LogP contribution in [0.25, 0.3) is 0 Å². The van der Waals surface area contributed by atoms with Crippen LogP contribution in [0.2, 0.25) is 0 Å². The molecule has 3 heteroatoms. The first-order valence-electron chi connectivity index (χ1n) is 4.71. The number of hydrogen-bond acceptors (Lipinski definition) is 2. The Morgan fingerprint density at radius 1 is 1.53 bits per heavy atom. The Hall–Kier alpha value is -2.00. The zero-order chi connectivity index (χ0) is 11.3. The Bertz CT molecular complexity index is 414. The van der Waals surface area contributed by atoms with Gasteiger partial charge in [0.25, 0.3) is 0 Å². The van der Waals surface area contributed by atoms with Gasteiger partial charge in [-0.25, -0.2) is 0 Å². The summed E-state index contributed by atoms with van der Waals surface area (Å²) < 4.78 is 1.92. The van der Waals surface area contributed by atoms with Crippen molar-refractivity contribution in [3.63, 3.8) is 0 Å². The van der Waals surface area contributed by atoms with E-state index < -0.39 is 5.41 Å². The fourth-order valence-corrected chi connectivity index (χ4v) is 1.50. The highest BCUT2D eigenvalue weighted by atomic mass is 14.9. The predicted molar refractivity (Wildman–Crippen MR) is 57.6 cm³/mol. The summed E-state index contributed by atoms with van der Waals surface area (Å²) in [5.41, 5.74) is 0.00775. The molecule has 0 unspecified atom stereocenters. The van der Waals surface area contributed by atoms with Gasteiger partial charge in [0, 0.05) is 25.4 Å². The molecule has 0 aliphatic carbocycles. The summed E-state index contributed by atoms with van der Waals surface area (Å²) in [5.74, 6) is 0. The summed E-state index contributed by atoms with van der Waals surface area (Å²) in [6, 6.07) is 8.00. The molecule has 0 N–H and O–H groups in total. The highest BCUT2D eigenvalue weighted by molar-refractivity contribution is 5.22. The Morgan fingerprint density at radius 3 is 2.60 bits per heavy atom. The molecule has 1 aromatic heterocycles. The Morgan fingerprint density at radius 2 is 2.20 bits per heavy atom. The standard InChI is InChI=1S/C12H13N3/c1-3-6-12(9-13,10-14)8-11-5-4-7-15(11)2/h3-5,7H,1,6,8H2,2H3. The normalized spacial score (nSPS) is 10.3. The van der Waals surface area contributed by atoms with Crippen LogP contribution in [0.1, 0.15) is 12.1 Å². The maximum absolute atomic E-state index is 9.07. The van der Waals surface area contributed by atoms with Crippen LogP contribution in [0.3, 0.4) is 0 Å². The van der Waals surface area contributed by atoms with E-state index in [0.29, 0.717) is 12.8 Å². The third-order valence-electron chi connectivity index (χ3n) is 2.46. The van der Waals surface area contributed by atoms with E-state index in [1.807, 2.05) is 29.9 Å². The molecule has 1 rings (SSSR count). The van der Waals surface area contributed by atoms with Crippen LogP contribution >= 0.6 is 0 Å². The molecule has 0 saturated carbocycles. The van der Waals surface area contributed by atoms with Gasteiger partial charge in [0.2, 0.25) is 0 Å². The first kappa shape index (κ1) is 11.1. The van der Waals surface area contributed by atoms with Crippen molar-refractivity contribution in [1.29, 1.82) is 10.5 Å². The van der Waals surface area contributed by atoms with E-state index in [-0.39, 0.29) is 0 Å². The molecule has 3 nitrogen and oxygen atoms in total. The molecule has 0 aliphatic heterocycles. The molecular weight excluding hydrogens is 186 g/mol. The first-order valence-corrected chi connectivity index (χ1v) is 4.71. The maximum Gasteiger partial charge on any atom is 0.152 e. The molecule has 0 aliphatic rings. The Labute approximate surface area is 89.9 Å². The number of nitrogens with zero attached hydrogens (tertiary/aromatic N) is 3. The van der Waals surface area contributed by atoms with Crippen LogP contribution in [0.4, 0.5) is 0 Å². The molecule has 15 heavy (non-hydrogen) atoms. The quantitative estimate of drug-likeness (QED) is 0.698. The lowest BCUT2D eigenvalue weighted by Crippen LogP contribution is -2.20. The van der Waals surface area contributed by atoms with Gasteiger partial charge in [-0.05, 0) is 18.6 Å². The molecule has 76 valence electrons. The van der Waals surface area contributed by atoms with E-state index in [2.05, 4.69) is 18.7 Å². The highest BCUT2D eigenvalue weighted by Crippen LogP contribution is 2.26. The first-order chi connectivity index (χ1) is 7.17. The van der Waals surface area contributed by atoms with Crippen molar-refractivity contribution < 1.29 is 0 Å². The summed E-state index contributed by atoms with van der Waals surface area (Å²) in [4.78, 5) is 0. The van der Waals surface area contributed by atoms with Crippen LogP contribution in [0.15, 0.2) is 31.0 Å². The predicted octanol–water partition coefficient (Wildman–Crippen LogP) is 2.18. The van der Waals surface area contributed by atoms with Gasteiger partial charge >= 0.3 is 0 Å². The minimum Gasteiger partial charge on any atom is -0.354 e. The van der Waals surface area contributed by atoms with Gasteiger partial charge in [0.15, 0.2) is 5.41 Å². The van der Waals surface area contributed by atoms with Gasteiger partial charge < -0.3 is 4.57 Å². The summed E-state index contributed by atoms with van der Waals surface area (Å²) in [7, 11) is 1.91. The average Bonchev–Trinajstić information content (AvgIpc) is 2.63. The van der Waals surface area contributed by atoms with Crippen molar-refractivity contribution in [2.75, 3.05) is 0 Å². The number of nitriles is 2. The third-order valence-corrected chi connectivity index (χ3v) is 2.46. The molecule has 0 aromatic carbocycles. The van der Waals surface area contributed by atoms with Crippen molar-refractivity contribution in [1.82, 2.24) is 4.57 Å². The average molecular weight is 199 g/mol. The van der Waals surface area contributed by atoms with E-state index in [1.54, 1.807) is 6.08 Å². The van der Waals surface area contributed by atoms with Gasteiger partial charge in [-0.2, -0.15) is 10.5 Å². The smallest absolute Gasteiger partial charge is 0.152 e. The van der Waals surface area contributed by atoms with E-state index in [0.717, 1.165) is 5.69 Å². The minimum absolute atomic E-state index is 0.394. The number of aromatic nitrogens is 1. The van der Waals surface area contributed by atoms with Crippen LogP contribution < -0.4 is 0 Å². The molecule has 0 bridgehead atoms. The molecule has 0 fully saturated rings. The Kier molecular flexibility index (Phi) is 3.31. The van der Waals surface area contributed by atoms with E-state index in [9.17, 15) is 0 Å². The Balaban J connectivity index is 2.96. The molecule has 0 saturated heterocycles. The lowest BCUT2D eigenvalue weighted by molar-refractivity contribution is 0.510. The van der Waals surface area contributed by atoms with Crippen molar-refractivity contribution >= 4 is 0 Å². The molecule has 1 aromatic rings. The maximum atomic E-state index is 9.07. The lowest BCUT2D eigenvalue weighted by Gasteiger charge is -2.16. The summed E-state index contributed by atoms with van der Waals surface area (Å²) in [6.45, 7) is 3.58. The third kappa shape index (κ3) is 2.27. The van der Waals surface area contributed by atoms with Crippen LogP contribution in [-0.4, -0.2) is 4.57 Å². The van der Waals surface area contributed by atoms with Crippen molar-refractivity contribution in [3.05, 3.63) is 36.7 Å². The molecule has 0 radical (unpaired) electrons. The van der Waals surface area contributed by atoms with Gasteiger partial charge in [-0.1, -0.05) is 6.08 Å². The van der Waals surface area contributed by atoms with Crippen LogP contribution in [-0.2, 0) is 13.5 Å². The number of allylic oxidation sites excluding steroid dienone is 1. The van der Waals surface area contributed by atoms with E-state index in [4.69, 9.17) is 10.5 Å².